The molecular weight excluding hydrogens is 252 g/mol. The lowest BCUT2D eigenvalue weighted by atomic mass is 10.1. The van der Waals surface area contributed by atoms with Crippen molar-refractivity contribution in [2.45, 2.75) is 45.3 Å². The van der Waals surface area contributed by atoms with E-state index in [4.69, 9.17) is 4.74 Å². The molecule has 0 N–H and O–H groups in total. The van der Waals surface area contributed by atoms with E-state index in [0.29, 0.717) is 12.2 Å². The molecule has 1 heterocycles. The van der Waals surface area contributed by atoms with Gasteiger partial charge >= 0.3 is 0 Å². The van der Waals surface area contributed by atoms with Crippen molar-refractivity contribution >= 4 is 15.9 Å². The van der Waals surface area contributed by atoms with E-state index in [1.54, 1.807) is 0 Å². The summed E-state index contributed by atoms with van der Waals surface area (Å²) in [6.45, 7) is 4.30. The molecular formula is C13H17BrO. The van der Waals surface area contributed by atoms with Crippen LogP contribution in [-0.2, 0) is 11.2 Å². The molecule has 1 fully saturated rings. The van der Waals surface area contributed by atoms with Crippen LogP contribution in [0.2, 0.25) is 0 Å². The van der Waals surface area contributed by atoms with Gasteiger partial charge in [-0.05, 0) is 43.4 Å². The quantitative estimate of drug-likeness (QED) is 0.756. The summed E-state index contributed by atoms with van der Waals surface area (Å²) >= 11 is 3.61. The topological polar surface area (TPSA) is 12.5 Å². The summed E-state index contributed by atoms with van der Waals surface area (Å²) in [5.74, 6) is 0. The third-order valence-electron chi connectivity index (χ3n) is 3.00. The normalized spacial score (nSPS) is 24.2. The summed E-state index contributed by atoms with van der Waals surface area (Å²) in [4.78, 5) is 0. The van der Waals surface area contributed by atoms with Crippen LogP contribution in [0.15, 0.2) is 22.7 Å². The molecule has 2 rings (SSSR count). The minimum absolute atomic E-state index is 0.517. The van der Waals surface area contributed by atoms with Gasteiger partial charge < -0.3 is 4.74 Å². The number of hydrogen-bond acceptors (Lipinski definition) is 1. The van der Waals surface area contributed by atoms with Crippen LogP contribution in [0.25, 0.3) is 0 Å². The zero-order valence-corrected chi connectivity index (χ0v) is 10.9. The van der Waals surface area contributed by atoms with Gasteiger partial charge in [-0.15, -0.1) is 0 Å². The van der Waals surface area contributed by atoms with Crippen molar-refractivity contribution in [2.75, 3.05) is 0 Å². The minimum Gasteiger partial charge on any atom is -0.370 e. The van der Waals surface area contributed by atoms with Crippen molar-refractivity contribution < 1.29 is 4.74 Å². The second-order valence-corrected chi connectivity index (χ2v) is 5.11. The second-order valence-electron chi connectivity index (χ2n) is 4.25. The van der Waals surface area contributed by atoms with Crippen molar-refractivity contribution in [1.29, 1.82) is 0 Å². The van der Waals surface area contributed by atoms with E-state index in [-0.39, 0.29) is 0 Å². The molecule has 2 atom stereocenters. The first kappa shape index (κ1) is 11.2. The highest BCUT2D eigenvalue weighted by Gasteiger charge is 2.36. The number of rotatable bonds is 4. The Balaban J connectivity index is 1.88. The van der Waals surface area contributed by atoms with Gasteiger partial charge in [-0.1, -0.05) is 35.0 Å². The smallest absolute Gasteiger partial charge is 0.0845 e. The SMILES string of the molecule is CCC1OC1CCc1ccc(C)cc1Br. The molecule has 1 nitrogen and oxygen atoms in total. The molecule has 0 aliphatic carbocycles. The van der Waals surface area contributed by atoms with Crippen LogP contribution in [0.5, 0.6) is 0 Å². The second kappa shape index (κ2) is 4.67. The van der Waals surface area contributed by atoms with Crippen molar-refractivity contribution in [3.63, 3.8) is 0 Å². The Morgan fingerprint density at radius 3 is 2.73 bits per heavy atom. The van der Waals surface area contributed by atoms with Crippen LogP contribution >= 0.6 is 15.9 Å². The molecule has 2 unspecified atom stereocenters. The van der Waals surface area contributed by atoms with Crippen molar-refractivity contribution in [3.05, 3.63) is 33.8 Å². The predicted octanol–water partition coefficient (Wildman–Crippen LogP) is 3.87. The first-order chi connectivity index (χ1) is 7.20. The molecule has 0 radical (unpaired) electrons. The predicted molar refractivity (Wildman–Crippen MR) is 66.2 cm³/mol. The summed E-state index contributed by atoms with van der Waals surface area (Å²) in [7, 11) is 0. The van der Waals surface area contributed by atoms with Crippen LogP contribution in [0.4, 0.5) is 0 Å². The highest BCUT2D eigenvalue weighted by molar-refractivity contribution is 9.10. The Kier molecular flexibility index (Phi) is 3.47. The lowest BCUT2D eigenvalue weighted by Crippen LogP contribution is -1.96. The van der Waals surface area contributed by atoms with E-state index in [1.807, 2.05) is 0 Å². The van der Waals surface area contributed by atoms with Crippen molar-refractivity contribution in [3.8, 4) is 0 Å². The monoisotopic (exact) mass is 268 g/mol. The number of ether oxygens (including phenoxy) is 1. The number of halogens is 1. The highest BCUT2D eigenvalue weighted by Crippen LogP contribution is 2.30. The molecule has 2 heteroatoms. The van der Waals surface area contributed by atoms with E-state index in [1.165, 1.54) is 15.6 Å². The van der Waals surface area contributed by atoms with Gasteiger partial charge in [-0.25, -0.2) is 0 Å². The van der Waals surface area contributed by atoms with Crippen molar-refractivity contribution in [2.24, 2.45) is 0 Å². The third-order valence-corrected chi connectivity index (χ3v) is 3.73. The van der Waals surface area contributed by atoms with E-state index >= 15 is 0 Å². The van der Waals surface area contributed by atoms with Gasteiger partial charge in [0.2, 0.25) is 0 Å². The lowest BCUT2D eigenvalue weighted by Gasteiger charge is -2.04. The maximum atomic E-state index is 5.54. The van der Waals surface area contributed by atoms with E-state index in [0.717, 1.165) is 19.3 Å². The summed E-state index contributed by atoms with van der Waals surface area (Å²) in [5.41, 5.74) is 2.70. The summed E-state index contributed by atoms with van der Waals surface area (Å²) in [5, 5.41) is 0. The number of benzene rings is 1. The molecule has 1 aromatic rings. The zero-order valence-electron chi connectivity index (χ0n) is 9.29. The van der Waals surface area contributed by atoms with Crippen molar-refractivity contribution in [1.82, 2.24) is 0 Å². The van der Waals surface area contributed by atoms with Crippen LogP contribution in [0.1, 0.15) is 30.9 Å². The standard InChI is InChI=1S/C13H17BrO/c1-3-12-13(15-12)7-6-10-5-4-9(2)8-11(10)14/h4-5,8,12-13H,3,6-7H2,1-2H3. The Morgan fingerprint density at radius 1 is 1.33 bits per heavy atom. The molecule has 0 saturated carbocycles. The average Bonchev–Trinajstić information content (AvgIpc) is 2.95. The van der Waals surface area contributed by atoms with E-state index in [9.17, 15) is 0 Å². The average molecular weight is 269 g/mol. The van der Waals surface area contributed by atoms with Crippen LogP contribution in [0.3, 0.4) is 0 Å². The highest BCUT2D eigenvalue weighted by atomic mass is 79.9. The molecule has 1 aliphatic heterocycles. The number of aryl methyl sites for hydroxylation is 2. The zero-order chi connectivity index (χ0) is 10.8. The Bertz CT molecular complexity index is 348. The van der Waals surface area contributed by atoms with E-state index in [2.05, 4.69) is 48.0 Å². The molecule has 1 aliphatic rings. The van der Waals surface area contributed by atoms with Gasteiger partial charge in [0.15, 0.2) is 0 Å². The van der Waals surface area contributed by atoms with Gasteiger partial charge in [0.05, 0.1) is 12.2 Å². The third kappa shape index (κ3) is 2.82. The maximum absolute atomic E-state index is 5.54. The molecule has 82 valence electrons. The summed E-state index contributed by atoms with van der Waals surface area (Å²) in [6, 6.07) is 6.56. The minimum atomic E-state index is 0.517. The Hall–Kier alpha value is -0.340. The van der Waals surface area contributed by atoms with Gasteiger partial charge in [-0.2, -0.15) is 0 Å². The van der Waals surface area contributed by atoms with Gasteiger partial charge in [0.1, 0.15) is 0 Å². The van der Waals surface area contributed by atoms with E-state index < -0.39 is 0 Å². The van der Waals surface area contributed by atoms with Crippen LogP contribution < -0.4 is 0 Å². The lowest BCUT2D eigenvalue weighted by molar-refractivity contribution is 0.359. The van der Waals surface area contributed by atoms with Gasteiger partial charge in [0, 0.05) is 4.47 Å². The number of epoxide rings is 1. The maximum Gasteiger partial charge on any atom is 0.0845 e. The summed E-state index contributed by atoms with van der Waals surface area (Å²) in [6.07, 6.45) is 4.47. The molecule has 0 spiro atoms. The fourth-order valence-corrected chi connectivity index (χ4v) is 2.64. The van der Waals surface area contributed by atoms with Crippen LogP contribution in [0, 0.1) is 6.92 Å². The number of hydrogen-bond donors (Lipinski definition) is 0. The molecule has 1 saturated heterocycles. The Labute approximate surface area is 100.0 Å². The molecule has 0 bridgehead atoms. The largest absolute Gasteiger partial charge is 0.370 e. The summed E-state index contributed by atoms with van der Waals surface area (Å²) < 4.78 is 6.77. The molecule has 15 heavy (non-hydrogen) atoms. The van der Waals surface area contributed by atoms with Gasteiger partial charge in [-0.3, -0.25) is 0 Å². The molecule has 0 aromatic heterocycles. The molecule has 0 amide bonds. The first-order valence-corrected chi connectivity index (χ1v) is 6.40. The fourth-order valence-electron chi connectivity index (χ4n) is 1.95. The first-order valence-electron chi connectivity index (χ1n) is 5.61. The Morgan fingerprint density at radius 2 is 2.13 bits per heavy atom. The van der Waals surface area contributed by atoms with Crippen LogP contribution in [-0.4, -0.2) is 12.2 Å². The molecule has 1 aromatic carbocycles. The fraction of sp³-hybridized carbons (Fsp3) is 0.538. The van der Waals surface area contributed by atoms with Gasteiger partial charge in [0.25, 0.3) is 0 Å².